The molecule has 0 saturated carbocycles. The van der Waals surface area contributed by atoms with E-state index in [9.17, 15) is 9.59 Å². The smallest absolute Gasteiger partial charge is 0.244 e. The summed E-state index contributed by atoms with van der Waals surface area (Å²) in [7, 11) is 1.68. The fourth-order valence-corrected chi connectivity index (χ4v) is 1.13. The van der Waals surface area contributed by atoms with E-state index in [4.69, 9.17) is 18.0 Å². The van der Waals surface area contributed by atoms with Gasteiger partial charge >= 0.3 is 0 Å². The van der Waals surface area contributed by atoms with E-state index in [1.54, 1.807) is 32.7 Å². The van der Waals surface area contributed by atoms with Crippen molar-refractivity contribution in [2.75, 3.05) is 13.6 Å². The van der Waals surface area contributed by atoms with Crippen LogP contribution in [0.2, 0.25) is 0 Å². The topological polar surface area (TPSA) is 75.4 Å². The predicted octanol–water partition coefficient (Wildman–Crippen LogP) is 0.282. The highest BCUT2D eigenvalue weighted by molar-refractivity contribution is 7.80. The van der Waals surface area contributed by atoms with Gasteiger partial charge in [-0.2, -0.15) is 0 Å². The molecule has 0 saturated heterocycles. The summed E-state index contributed by atoms with van der Waals surface area (Å²) >= 11 is 4.82. The van der Waals surface area contributed by atoms with Crippen LogP contribution in [0.5, 0.6) is 0 Å². The van der Waals surface area contributed by atoms with Crippen molar-refractivity contribution < 1.29 is 9.59 Å². The van der Waals surface area contributed by atoms with E-state index >= 15 is 0 Å². The van der Waals surface area contributed by atoms with Gasteiger partial charge in [-0.25, -0.2) is 0 Å². The van der Waals surface area contributed by atoms with Gasteiger partial charge in [-0.3, -0.25) is 9.59 Å². The van der Waals surface area contributed by atoms with Crippen molar-refractivity contribution in [2.24, 2.45) is 11.1 Å². The molecule has 1 unspecified atom stereocenters. The SMILES string of the molecule is CCN(C)C(=O)C(C)NC(=O)C(C)(C)C(N)=S. The summed E-state index contributed by atoms with van der Waals surface area (Å²) in [5.41, 5.74) is 4.53. The van der Waals surface area contributed by atoms with Crippen molar-refractivity contribution in [1.82, 2.24) is 10.2 Å². The second-order valence-electron chi connectivity index (χ2n) is 4.54. The molecule has 1 atom stereocenters. The molecule has 6 heteroatoms. The Kier molecular flexibility index (Phi) is 5.54. The van der Waals surface area contributed by atoms with Gasteiger partial charge in [0.1, 0.15) is 6.04 Å². The molecule has 3 N–H and O–H groups in total. The summed E-state index contributed by atoms with van der Waals surface area (Å²) < 4.78 is 0. The Labute approximate surface area is 108 Å². The normalized spacial score (nSPS) is 12.8. The Balaban J connectivity index is 4.60. The Bertz CT molecular complexity index is 329. The summed E-state index contributed by atoms with van der Waals surface area (Å²) in [5.74, 6) is -0.477. The minimum Gasteiger partial charge on any atom is -0.392 e. The number of rotatable bonds is 5. The second kappa shape index (κ2) is 5.95. The molecule has 0 bridgehead atoms. The van der Waals surface area contributed by atoms with Crippen LogP contribution in [0.4, 0.5) is 0 Å². The molecule has 0 rings (SSSR count). The summed E-state index contributed by atoms with van der Waals surface area (Å²) in [6.07, 6.45) is 0. The van der Waals surface area contributed by atoms with Crippen LogP contribution in [0.25, 0.3) is 0 Å². The van der Waals surface area contributed by atoms with E-state index < -0.39 is 11.5 Å². The predicted molar refractivity (Wildman–Crippen MR) is 71.5 cm³/mol. The molecule has 0 spiro atoms. The lowest BCUT2D eigenvalue weighted by molar-refractivity contribution is -0.136. The standard InChI is InChI=1S/C11H21N3O2S/c1-6-14(5)8(15)7(2)13-10(16)11(3,4)9(12)17/h7H,6H2,1-5H3,(H2,12,17)(H,13,16). The number of nitrogens with zero attached hydrogens (tertiary/aromatic N) is 1. The quantitative estimate of drug-likeness (QED) is 0.696. The van der Waals surface area contributed by atoms with Crippen LogP contribution in [0, 0.1) is 5.41 Å². The Morgan fingerprint density at radius 2 is 1.94 bits per heavy atom. The number of amides is 2. The van der Waals surface area contributed by atoms with Crippen LogP contribution in [0.15, 0.2) is 0 Å². The number of likely N-dealkylation sites (N-methyl/N-ethyl adjacent to an activating group) is 1. The van der Waals surface area contributed by atoms with Crippen LogP contribution in [0.1, 0.15) is 27.7 Å². The molecule has 0 radical (unpaired) electrons. The zero-order valence-corrected chi connectivity index (χ0v) is 11.9. The average Bonchev–Trinajstić information content (AvgIpc) is 2.26. The lowest BCUT2D eigenvalue weighted by atomic mass is 9.92. The van der Waals surface area contributed by atoms with E-state index in [1.165, 1.54) is 0 Å². The van der Waals surface area contributed by atoms with Gasteiger partial charge in [0.05, 0.1) is 10.4 Å². The highest BCUT2D eigenvalue weighted by Gasteiger charge is 2.33. The molecule has 17 heavy (non-hydrogen) atoms. The first-order valence-corrected chi connectivity index (χ1v) is 5.91. The van der Waals surface area contributed by atoms with E-state index in [1.807, 2.05) is 6.92 Å². The maximum atomic E-state index is 11.9. The minimum absolute atomic E-state index is 0.110. The zero-order valence-electron chi connectivity index (χ0n) is 11.0. The molecule has 0 aromatic rings. The third kappa shape index (κ3) is 3.96. The van der Waals surface area contributed by atoms with Crippen LogP contribution in [-0.2, 0) is 9.59 Å². The molecule has 0 aromatic carbocycles. The van der Waals surface area contributed by atoms with E-state index in [0.717, 1.165) is 0 Å². The third-order valence-electron chi connectivity index (χ3n) is 2.75. The average molecular weight is 259 g/mol. The van der Waals surface area contributed by atoms with Gasteiger partial charge in [0.15, 0.2) is 0 Å². The molecule has 0 fully saturated rings. The molecule has 0 aliphatic carbocycles. The lowest BCUT2D eigenvalue weighted by Gasteiger charge is -2.26. The molecule has 5 nitrogen and oxygen atoms in total. The van der Waals surface area contributed by atoms with E-state index in [0.29, 0.717) is 6.54 Å². The van der Waals surface area contributed by atoms with Crippen LogP contribution in [0.3, 0.4) is 0 Å². The molecular weight excluding hydrogens is 238 g/mol. The third-order valence-corrected chi connectivity index (χ3v) is 3.26. The summed E-state index contributed by atoms with van der Waals surface area (Å²) in [4.78, 5) is 25.3. The highest BCUT2D eigenvalue weighted by atomic mass is 32.1. The van der Waals surface area contributed by atoms with Crippen LogP contribution in [-0.4, -0.2) is 41.3 Å². The monoisotopic (exact) mass is 259 g/mol. The maximum absolute atomic E-state index is 11.9. The Hall–Kier alpha value is -1.17. The molecular formula is C11H21N3O2S. The van der Waals surface area contributed by atoms with Gasteiger partial charge in [-0.05, 0) is 27.7 Å². The van der Waals surface area contributed by atoms with Crippen molar-refractivity contribution in [3.63, 3.8) is 0 Å². The summed E-state index contributed by atoms with van der Waals surface area (Å²) in [5, 5.41) is 2.62. The van der Waals surface area contributed by atoms with Gasteiger partial charge in [0.2, 0.25) is 11.8 Å². The molecule has 0 aromatic heterocycles. The second-order valence-corrected chi connectivity index (χ2v) is 4.98. The van der Waals surface area contributed by atoms with Crippen molar-refractivity contribution in [3.8, 4) is 0 Å². The first-order chi connectivity index (χ1) is 7.64. The Morgan fingerprint density at radius 1 is 1.47 bits per heavy atom. The van der Waals surface area contributed by atoms with Gasteiger partial charge < -0.3 is 16.0 Å². The number of nitrogens with one attached hydrogen (secondary N) is 1. The zero-order chi connectivity index (χ0) is 13.8. The minimum atomic E-state index is -0.950. The van der Waals surface area contributed by atoms with Crippen molar-refractivity contribution >= 4 is 29.0 Å². The number of thiocarbonyl (C=S) groups is 1. The summed E-state index contributed by atoms with van der Waals surface area (Å²) in [6, 6.07) is -0.582. The largest absolute Gasteiger partial charge is 0.392 e. The van der Waals surface area contributed by atoms with E-state index in [2.05, 4.69) is 5.32 Å². The molecule has 2 amide bonds. The van der Waals surface area contributed by atoms with Crippen LogP contribution < -0.4 is 11.1 Å². The Morgan fingerprint density at radius 3 is 2.29 bits per heavy atom. The number of hydrogen-bond donors (Lipinski definition) is 2. The van der Waals surface area contributed by atoms with E-state index in [-0.39, 0.29) is 16.8 Å². The fourth-order valence-electron chi connectivity index (χ4n) is 1.04. The van der Waals surface area contributed by atoms with Gasteiger partial charge in [0.25, 0.3) is 0 Å². The number of carbonyl (C=O) groups excluding carboxylic acids is 2. The molecule has 0 heterocycles. The number of carbonyl (C=O) groups is 2. The van der Waals surface area contributed by atoms with Gasteiger partial charge in [0, 0.05) is 13.6 Å². The fraction of sp³-hybridized carbons (Fsp3) is 0.727. The molecule has 0 aliphatic rings. The van der Waals surface area contributed by atoms with Crippen molar-refractivity contribution in [2.45, 2.75) is 33.7 Å². The maximum Gasteiger partial charge on any atom is 0.244 e. The van der Waals surface area contributed by atoms with Gasteiger partial charge in [-0.15, -0.1) is 0 Å². The first kappa shape index (κ1) is 15.8. The lowest BCUT2D eigenvalue weighted by Crippen LogP contribution is -2.52. The first-order valence-electron chi connectivity index (χ1n) is 5.50. The molecule has 98 valence electrons. The van der Waals surface area contributed by atoms with Crippen molar-refractivity contribution in [1.29, 1.82) is 0 Å². The van der Waals surface area contributed by atoms with Gasteiger partial charge in [-0.1, -0.05) is 12.2 Å². The van der Waals surface area contributed by atoms with Crippen LogP contribution >= 0.6 is 12.2 Å². The molecule has 0 aliphatic heterocycles. The van der Waals surface area contributed by atoms with Crippen molar-refractivity contribution in [3.05, 3.63) is 0 Å². The summed E-state index contributed by atoms with van der Waals surface area (Å²) in [6.45, 7) is 7.36. The highest BCUT2D eigenvalue weighted by Crippen LogP contribution is 2.15. The number of nitrogens with two attached hydrogens (primary N) is 1. The number of hydrogen-bond acceptors (Lipinski definition) is 3.